The van der Waals surface area contributed by atoms with E-state index in [1.165, 1.54) is 11.1 Å². The van der Waals surface area contributed by atoms with Crippen molar-refractivity contribution in [2.24, 2.45) is 22.1 Å². The van der Waals surface area contributed by atoms with Crippen molar-refractivity contribution in [1.82, 2.24) is 4.72 Å². The second-order valence-electron chi connectivity index (χ2n) is 15.1. The third kappa shape index (κ3) is 7.81. The number of aliphatic hydroxyl groups excluding tert-OH is 1. The maximum Gasteiger partial charge on any atom is 0.286 e. The molecule has 2 bridgehead atoms. The highest BCUT2D eigenvalue weighted by atomic mass is 35.5. The topological polar surface area (TPSA) is 118 Å². The molecule has 2 heterocycles. The minimum absolute atomic E-state index is 0.0364. The van der Waals surface area contributed by atoms with Crippen LogP contribution in [-0.2, 0) is 37.7 Å². The number of amides is 2. The molecule has 1 saturated carbocycles. The molecule has 52 heavy (non-hydrogen) atoms. The molecule has 2 N–H and O–H groups in total. The number of rotatable bonds is 5. The molecule has 3 aromatic carbocycles. The first-order valence-electron chi connectivity index (χ1n) is 18.4. The largest absolute Gasteiger partial charge is 0.490 e. The van der Waals surface area contributed by atoms with Crippen LogP contribution in [0.1, 0.15) is 66.1 Å². The molecule has 2 aliphatic carbocycles. The van der Waals surface area contributed by atoms with Gasteiger partial charge in [-0.05, 0) is 103 Å². The van der Waals surface area contributed by atoms with Gasteiger partial charge in [0.15, 0.2) is 0 Å². The van der Waals surface area contributed by atoms with E-state index in [1.807, 2.05) is 43.3 Å². The van der Waals surface area contributed by atoms with E-state index in [4.69, 9.17) is 21.1 Å². The summed E-state index contributed by atoms with van der Waals surface area (Å²) in [6, 6.07) is 20.6. The van der Waals surface area contributed by atoms with Crippen molar-refractivity contribution in [3.8, 4) is 5.75 Å². The van der Waals surface area contributed by atoms with Crippen LogP contribution in [0.2, 0.25) is 5.02 Å². The number of allylic oxidation sites excluding steroid dienone is 1. The predicted octanol–water partition coefficient (Wildman–Crippen LogP) is 6.69. The molecular formula is C41H48ClN3O6S. The van der Waals surface area contributed by atoms with Gasteiger partial charge in [0.25, 0.3) is 11.8 Å². The third-order valence-corrected chi connectivity index (χ3v) is 13.6. The van der Waals surface area contributed by atoms with Crippen LogP contribution in [0.25, 0.3) is 0 Å². The van der Waals surface area contributed by atoms with Crippen molar-refractivity contribution in [2.75, 3.05) is 37.5 Å². The van der Waals surface area contributed by atoms with Gasteiger partial charge in [0, 0.05) is 42.6 Å². The maximum absolute atomic E-state index is 14.5. The van der Waals surface area contributed by atoms with Crippen LogP contribution in [0.15, 0.2) is 83.2 Å². The lowest BCUT2D eigenvalue weighted by molar-refractivity contribution is -0.127. The lowest BCUT2D eigenvalue weighted by atomic mass is 9.68. The molecule has 1 fully saturated rings. The second-order valence-corrected chi connectivity index (χ2v) is 17.6. The van der Waals surface area contributed by atoms with Gasteiger partial charge >= 0.3 is 0 Å². The minimum Gasteiger partial charge on any atom is -0.490 e. The molecule has 9 nitrogen and oxygen atoms in total. The summed E-state index contributed by atoms with van der Waals surface area (Å²) in [4.78, 5) is 29.6. The number of nitrogens with one attached hydrogen (secondary N) is 1. The van der Waals surface area contributed by atoms with Gasteiger partial charge in [-0.1, -0.05) is 67.1 Å². The van der Waals surface area contributed by atoms with Gasteiger partial charge in [0.1, 0.15) is 21.8 Å². The average molecular weight is 746 g/mol. The van der Waals surface area contributed by atoms with Gasteiger partial charge in [-0.25, -0.2) is 4.21 Å². The Morgan fingerprint density at radius 1 is 1.17 bits per heavy atom. The number of ether oxygens (including phenoxy) is 2. The highest BCUT2D eigenvalue weighted by Crippen LogP contribution is 2.47. The number of hydrogen-bond donors (Lipinski definition) is 2. The normalized spacial score (nSPS) is 30.0. The number of aryl methyl sites for hydroxylation is 1. The molecule has 3 aromatic rings. The molecule has 0 radical (unpaired) electrons. The summed E-state index contributed by atoms with van der Waals surface area (Å²) >= 11 is 6.45. The molecule has 4 aliphatic rings. The zero-order valence-corrected chi connectivity index (χ0v) is 31.4. The standard InChI is InChI=1S/C41H48ClN3O6S/c1-27-8-6-12-37(50-2)33-16-13-31(33)23-45-25-41(19-7-11-29-21-32(42)15-17-34(29)41)26-51-38-18-14-30(22-35(38)45)39(47)43-52(49,24-27)44-40(48)36(46)20-28-9-4-3-5-10-28/h3-6,9-10,12,14-15,17-18,21-22,27,31,33,36-37,46H,7-8,11,13,16,19-20,23-26H2,1-2H3,(H,43,44,47,48,49)/b12-6+/t27-,31-,33+,36+,37-,41-,52-/m0/s1. The summed E-state index contributed by atoms with van der Waals surface area (Å²) in [5.74, 6) is -0.424. The Kier molecular flexibility index (Phi) is 10.8. The van der Waals surface area contributed by atoms with Gasteiger partial charge in [-0.2, -0.15) is 0 Å². The second kappa shape index (κ2) is 15.3. The fourth-order valence-electron chi connectivity index (χ4n) is 8.52. The predicted molar refractivity (Wildman–Crippen MR) is 204 cm³/mol. The first-order chi connectivity index (χ1) is 25.0. The van der Waals surface area contributed by atoms with Gasteiger partial charge in [0.2, 0.25) is 0 Å². The number of fused-ring (bicyclic) bond motifs is 4. The van der Waals surface area contributed by atoms with Gasteiger partial charge in [-0.3, -0.25) is 14.3 Å². The Bertz CT molecular complexity index is 1960. The Hall–Kier alpha value is -3.70. The van der Waals surface area contributed by atoms with E-state index in [1.54, 1.807) is 31.4 Å². The number of methoxy groups -OCH3 is 1. The van der Waals surface area contributed by atoms with E-state index < -0.39 is 27.8 Å². The van der Waals surface area contributed by atoms with E-state index in [2.05, 4.69) is 32.2 Å². The smallest absolute Gasteiger partial charge is 0.286 e. The van der Waals surface area contributed by atoms with Crippen LogP contribution < -0.4 is 14.4 Å². The fraction of sp³-hybridized carbons (Fsp3) is 0.463. The summed E-state index contributed by atoms with van der Waals surface area (Å²) in [5.41, 5.74) is 4.04. The fourth-order valence-corrected chi connectivity index (χ4v) is 10.7. The summed E-state index contributed by atoms with van der Waals surface area (Å²) in [5, 5.41) is 11.5. The van der Waals surface area contributed by atoms with Crippen molar-refractivity contribution in [3.63, 3.8) is 0 Å². The SMILES string of the molecule is CO[C@H]1/C=C/C[C@H](C)C[S@@](=O)(NC(=O)[C@H](O)Cc2ccccc2)=NC(=O)c2ccc3c(c2)N(C[C@@H]2CC[C@H]21)C[C@@]1(CCCc2cc(Cl)ccc21)CO3. The summed E-state index contributed by atoms with van der Waals surface area (Å²) in [6.07, 6.45) is 8.26. The number of hydrogen-bond acceptors (Lipinski definition) is 7. The van der Waals surface area contributed by atoms with Crippen molar-refractivity contribution in [2.45, 2.75) is 69.5 Å². The van der Waals surface area contributed by atoms with Crippen LogP contribution in [0, 0.1) is 17.8 Å². The number of carbonyl (C=O) groups is 2. The average Bonchev–Trinajstić information content (AvgIpc) is 3.26. The molecule has 7 atom stereocenters. The van der Waals surface area contributed by atoms with E-state index in [-0.39, 0.29) is 35.2 Å². The zero-order valence-electron chi connectivity index (χ0n) is 29.8. The Balaban J connectivity index is 1.26. The monoisotopic (exact) mass is 745 g/mol. The number of halogens is 1. The van der Waals surface area contributed by atoms with Gasteiger partial charge in [-0.15, -0.1) is 4.36 Å². The van der Waals surface area contributed by atoms with E-state index in [0.717, 1.165) is 54.9 Å². The highest BCUT2D eigenvalue weighted by Gasteiger charge is 2.44. The van der Waals surface area contributed by atoms with Crippen LogP contribution in [0.4, 0.5) is 5.69 Å². The number of anilines is 1. The number of aliphatic hydroxyl groups is 1. The summed E-state index contributed by atoms with van der Waals surface area (Å²) in [6.45, 7) is 3.86. The lowest BCUT2D eigenvalue weighted by Gasteiger charge is -2.46. The molecule has 0 saturated heterocycles. The molecule has 0 aromatic heterocycles. The minimum atomic E-state index is -3.63. The lowest BCUT2D eigenvalue weighted by Crippen LogP contribution is -2.49. The van der Waals surface area contributed by atoms with E-state index in [0.29, 0.717) is 37.2 Å². The van der Waals surface area contributed by atoms with Crippen molar-refractivity contribution >= 4 is 39.0 Å². The first kappa shape index (κ1) is 36.6. The molecule has 11 heteroatoms. The van der Waals surface area contributed by atoms with Crippen LogP contribution in [-0.4, -0.2) is 65.9 Å². The van der Waals surface area contributed by atoms with Crippen molar-refractivity contribution in [1.29, 1.82) is 0 Å². The van der Waals surface area contributed by atoms with Crippen molar-refractivity contribution < 1.29 is 28.4 Å². The Morgan fingerprint density at radius 3 is 2.77 bits per heavy atom. The van der Waals surface area contributed by atoms with Crippen LogP contribution >= 0.6 is 11.6 Å². The third-order valence-electron chi connectivity index (χ3n) is 11.3. The zero-order chi connectivity index (χ0) is 36.5. The van der Waals surface area contributed by atoms with Gasteiger partial charge < -0.3 is 19.5 Å². The van der Waals surface area contributed by atoms with Crippen LogP contribution in [0.5, 0.6) is 5.75 Å². The Labute approximate surface area is 312 Å². The molecule has 2 amide bonds. The van der Waals surface area contributed by atoms with Crippen LogP contribution in [0.3, 0.4) is 0 Å². The molecular weight excluding hydrogens is 698 g/mol. The quantitative estimate of drug-likeness (QED) is 0.280. The molecule has 7 rings (SSSR count). The van der Waals surface area contributed by atoms with Crippen molar-refractivity contribution in [3.05, 3.63) is 106 Å². The first-order valence-corrected chi connectivity index (χ1v) is 20.4. The highest BCUT2D eigenvalue weighted by molar-refractivity contribution is 7.92. The molecule has 1 spiro atoms. The van der Waals surface area contributed by atoms with Gasteiger partial charge in [0.05, 0.1) is 24.2 Å². The molecule has 0 unspecified atom stereocenters. The summed E-state index contributed by atoms with van der Waals surface area (Å²) in [7, 11) is -1.88. The molecule has 276 valence electrons. The number of benzene rings is 3. The summed E-state index contributed by atoms with van der Waals surface area (Å²) < 4.78 is 33.9. The van der Waals surface area contributed by atoms with E-state index in [9.17, 15) is 18.9 Å². The van der Waals surface area contributed by atoms with E-state index >= 15 is 0 Å². The molecule has 2 aliphatic heterocycles. The Morgan fingerprint density at radius 2 is 2.00 bits per heavy atom. The number of nitrogens with zero attached hydrogens (tertiary/aromatic N) is 2. The number of carbonyl (C=O) groups excluding carboxylic acids is 2. The maximum atomic E-state index is 14.5.